The molecule has 0 aliphatic carbocycles. The second-order valence-corrected chi connectivity index (χ2v) is 7.59. The number of aliphatic carboxylic acids is 1. The maximum absolute atomic E-state index is 12.4. The van der Waals surface area contributed by atoms with E-state index in [1.54, 1.807) is 24.0 Å². The van der Waals surface area contributed by atoms with Crippen LogP contribution < -0.4 is 0 Å². The number of piperidine rings is 1. The standard InChI is InChI=1S/C19H22ClN3O4/c1-19(18(25)26)10-3-11-23(12-19)16(24)5-2-4-15-21-17(22-27-15)13-6-8-14(20)9-7-13/h6-9H,2-5,10-12H2,1H3,(H,25,26). The molecule has 1 fully saturated rings. The minimum atomic E-state index is -0.853. The van der Waals surface area contributed by atoms with E-state index in [9.17, 15) is 14.7 Å². The van der Waals surface area contributed by atoms with E-state index < -0.39 is 11.4 Å². The number of amides is 1. The minimum absolute atomic E-state index is 0.0281. The highest BCUT2D eigenvalue weighted by atomic mass is 35.5. The van der Waals surface area contributed by atoms with E-state index in [-0.39, 0.29) is 12.5 Å². The largest absolute Gasteiger partial charge is 0.481 e. The zero-order valence-electron chi connectivity index (χ0n) is 15.2. The smallest absolute Gasteiger partial charge is 0.311 e. The molecule has 0 spiro atoms. The fraction of sp³-hybridized carbons (Fsp3) is 0.474. The van der Waals surface area contributed by atoms with Gasteiger partial charge >= 0.3 is 5.97 Å². The molecular formula is C19H22ClN3O4. The number of hydrogen-bond acceptors (Lipinski definition) is 5. The first-order valence-corrected chi connectivity index (χ1v) is 9.35. The van der Waals surface area contributed by atoms with Gasteiger partial charge in [-0.1, -0.05) is 16.8 Å². The summed E-state index contributed by atoms with van der Waals surface area (Å²) in [6.07, 6.45) is 2.70. The first-order chi connectivity index (χ1) is 12.9. The zero-order chi connectivity index (χ0) is 19.4. The van der Waals surface area contributed by atoms with Crippen LogP contribution in [-0.2, 0) is 16.0 Å². The summed E-state index contributed by atoms with van der Waals surface area (Å²) >= 11 is 5.87. The van der Waals surface area contributed by atoms with Crippen LogP contribution in [0.1, 0.15) is 38.5 Å². The van der Waals surface area contributed by atoms with Gasteiger partial charge in [0.2, 0.25) is 17.6 Å². The number of benzene rings is 1. The van der Waals surface area contributed by atoms with Crippen LogP contribution in [0, 0.1) is 5.41 Å². The second kappa shape index (κ2) is 8.08. The Morgan fingerprint density at radius 3 is 2.78 bits per heavy atom. The van der Waals surface area contributed by atoms with Crippen LogP contribution in [0.2, 0.25) is 5.02 Å². The predicted molar refractivity (Wildman–Crippen MR) is 99.2 cm³/mol. The third-order valence-electron chi connectivity index (χ3n) is 4.92. The fourth-order valence-electron chi connectivity index (χ4n) is 3.25. The van der Waals surface area contributed by atoms with Crippen molar-refractivity contribution >= 4 is 23.5 Å². The molecule has 27 heavy (non-hydrogen) atoms. The van der Waals surface area contributed by atoms with Gasteiger partial charge in [0.25, 0.3) is 0 Å². The average molecular weight is 392 g/mol. The lowest BCUT2D eigenvalue weighted by Crippen LogP contribution is -2.48. The fourth-order valence-corrected chi connectivity index (χ4v) is 3.37. The van der Waals surface area contributed by atoms with Gasteiger partial charge in [0.15, 0.2) is 0 Å². The van der Waals surface area contributed by atoms with Crippen molar-refractivity contribution in [3.8, 4) is 11.4 Å². The highest BCUT2D eigenvalue weighted by Gasteiger charge is 2.39. The van der Waals surface area contributed by atoms with E-state index in [0.717, 1.165) is 5.56 Å². The summed E-state index contributed by atoms with van der Waals surface area (Å²) in [5, 5.41) is 13.9. The molecule has 1 unspecified atom stereocenters. The van der Waals surface area contributed by atoms with E-state index in [2.05, 4.69) is 10.1 Å². The van der Waals surface area contributed by atoms with Crippen LogP contribution in [-0.4, -0.2) is 45.1 Å². The molecule has 1 aromatic carbocycles. The average Bonchev–Trinajstić information content (AvgIpc) is 3.11. The quantitative estimate of drug-likeness (QED) is 0.810. The van der Waals surface area contributed by atoms with E-state index in [1.807, 2.05) is 12.1 Å². The Hall–Kier alpha value is -2.41. The van der Waals surface area contributed by atoms with Gasteiger partial charge in [0.1, 0.15) is 0 Å². The molecule has 2 heterocycles. The van der Waals surface area contributed by atoms with Crippen LogP contribution in [0.5, 0.6) is 0 Å². The zero-order valence-corrected chi connectivity index (χ0v) is 15.9. The number of carboxylic acid groups (broad SMARTS) is 1. The summed E-state index contributed by atoms with van der Waals surface area (Å²) in [6.45, 7) is 2.58. The van der Waals surface area contributed by atoms with Gasteiger partial charge in [0.05, 0.1) is 5.41 Å². The highest BCUT2D eigenvalue weighted by Crippen LogP contribution is 2.30. The Labute approximate surface area is 162 Å². The maximum atomic E-state index is 12.4. The first-order valence-electron chi connectivity index (χ1n) is 8.97. The van der Waals surface area contributed by atoms with Gasteiger partial charge in [0, 0.05) is 36.5 Å². The molecule has 144 valence electrons. The Morgan fingerprint density at radius 1 is 1.33 bits per heavy atom. The summed E-state index contributed by atoms with van der Waals surface area (Å²) < 4.78 is 5.24. The number of rotatable bonds is 6. The van der Waals surface area contributed by atoms with Crippen molar-refractivity contribution in [3.05, 3.63) is 35.2 Å². The van der Waals surface area contributed by atoms with E-state index in [0.29, 0.717) is 55.4 Å². The lowest BCUT2D eigenvalue weighted by molar-refractivity contribution is -0.153. The van der Waals surface area contributed by atoms with Crippen molar-refractivity contribution < 1.29 is 19.2 Å². The number of aromatic nitrogens is 2. The predicted octanol–water partition coefficient (Wildman–Crippen LogP) is 3.43. The molecule has 1 aliphatic rings. The number of carboxylic acids is 1. The molecule has 7 nitrogen and oxygen atoms in total. The topological polar surface area (TPSA) is 96.5 Å². The van der Waals surface area contributed by atoms with Crippen LogP contribution in [0.4, 0.5) is 0 Å². The lowest BCUT2D eigenvalue weighted by Gasteiger charge is -2.37. The Bertz CT molecular complexity index is 821. The number of aryl methyl sites for hydroxylation is 1. The summed E-state index contributed by atoms with van der Waals surface area (Å²) in [4.78, 5) is 29.8. The first kappa shape index (κ1) is 19.4. The summed E-state index contributed by atoms with van der Waals surface area (Å²) in [5.74, 6) is 0.0863. The van der Waals surface area contributed by atoms with Gasteiger partial charge in [-0.25, -0.2) is 0 Å². The molecule has 1 saturated heterocycles. The molecule has 0 bridgehead atoms. The molecule has 3 rings (SSSR count). The monoisotopic (exact) mass is 391 g/mol. The highest BCUT2D eigenvalue weighted by molar-refractivity contribution is 6.30. The van der Waals surface area contributed by atoms with Crippen LogP contribution in [0.3, 0.4) is 0 Å². The summed E-state index contributed by atoms with van der Waals surface area (Å²) in [6, 6.07) is 7.15. The summed E-state index contributed by atoms with van der Waals surface area (Å²) in [5.41, 5.74) is -0.0415. The van der Waals surface area contributed by atoms with E-state index in [4.69, 9.17) is 16.1 Å². The van der Waals surface area contributed by atoms with Crippen molar-refractivity contribution in [2.45, 2.75) is 39.0 Å². The van der Waals surface area contributed by atoms with Crippen molar-refractivity contribution in [1.29, 1.82) is 0 Å². The number of carbonyl (C=O) groups is 2. The number of hydrogen-bond donors (Lipinski definition) is 1. The van der Waals surface area contributed by atoms with Gasteiger partial charge in [-0.2, -0.15) is 4.98 Å². The van der Waals surface area contributed by atoms with Crippen molar-refractivity contribution in [1.82, 2.24) is 15.0 Å². The Morgan fingerprint density at radius 2 is 2.07 bits per heavy atom. The van der Waals surface area contributed by atoms with Crippen molar-refractivity contribution in [2.24, 2.45) is 5.41 Å². The number of nitrogens with zero attached hydrogens (tertiary/aromatic N) is 3. The number of carbonyl (C=O) groups excluding carboxylic acids is 1. The van der Waals surface area contributed by atoms with Gasteiger partial charge in [-0.15, -0.1) is 0 Å². The molecule has 1 aliphatic heterocycles. The molecule has 1 atom stereocenters. The third kappa shape index (κ3) is 4.66. The molecule has 0 saturated carbocycles. The second-order valence-electron chi connectivity index (χ2n) is 7.16. The molecule has 2 aromatic rings. The Kier molecular flexibility index (Phi) is 5.79. The van der Waals surface area contributed by atoms with E-state index in [1.165, 1.54) is 0 Å². The maximum Gasteiger partial charge on any atom is 0.311 e. The van der Waals surface area contributed by atoms with E-state index >= 15 is 0 Å². The molecule has 1 N–H and O–H groups in total. The molecule has 8 heteroatoms. The van der Waals surface area contributed by atoms with Crippen molar-refractivity contribution in [3.63, 3.8) is 0 Å². The minimum Gasteiger partial charge on any atom is -0.481 e. The van der Waals surface area contributed by atoms with Gasteiger partial charge < -0.3 is 14.5 Å². The molecule has 1 aromatic heterocycles. The van der Waals surface area contributed by atoms with Crippen molar-refractivity contribution in [2.75, 3.05) is 13.1 Å². The molecule has 1 amide bonds. The third-order valence-corrected chi connectivity index (χ3v) is 5.17. The normalized spacial score (nSPS) is 19.9. The summed E-state index contributed by atoms with van der Waals surface area (Å²) in [7, 11) is 0. The SMILES string of the molecule is CC1(C(=O)O)CCCN(C(=O)CCCc2nc(-c3ccc(Cl)cc3)no2)C1. The van der Waals surface area contributed by atoms with Crippen LogP contribution in [0.25, 0.3) is 11.4 Å². The van der Waals surface area contributed by atoms with Gasteiger partial charge in [-0.05, 0) is 50.5 Å². The Balaban J connectivity index is 1.50. The number of halogens is 1. The number of likely N-dealkylation sites (tertiary alicyclic amines) is 1. The molecule has 0 radical (unpaired) electrons. The van der Waals surface area contributed by atoms with Crippen LogP contribution >= 0.6 is 11.6 Å². The van der Waals surface area contributed by atoms with Gasteiger partial charge in [-0.3, -0.25) is 9.59 Å². The van der Waals surface area contributed by atoms with Crippen LogP contribution in [0.15, 0.2) is 28.8 Å². The molecular weight excluding hydrogens is 370 g/mol. The lowest BCUT2D eigenvalue weighted by atomic mass is 9.82.